The summed E-state index contributed by atoms with van der Waals surface area (Å²) in [7, 11) is 0. The minimum absolute atomic E-state index is 0.676. The lowest BCUT2D eigenvalue weighted by molar-refractivity contribution is 0.188. The highest BCUT2D eigenvalue weighted by Crippen LogP contribution is 2.29. The second-order valence-electron chi connectivity index (χ2n) is 3.85. The monoisotopic (exact) mass is 199 g/mol. The molecule has 2 aliphatic rings. The average molecular weight is 199 g/mol. The fourth-order valence-electron chi connectivity index (χ4n) is 1.98. The summed E-state index contributed by atoms with van der Waals surface area (Å²) in [4.78, 5) is 0. The molecule has 15 heavy (non-hydrogen) atoms. The Kier molecular flexibility index (Phi) is 1.98. The van der Waals surface area contributed by atoms with E-state index in [4.69, 9.17) is 4.74 Å². The van der Waals surface area contributed by atoms with E-state index in [0.717, 1.165) is 30.0 Å². The lowest BCUT2D eigenvalue weighted by Crippen LogP contribution is -2.03. The van der Waals surface area contributed by atoms with E-state index < -0.39 is 0 Å². The van der Waals surface area contributed by atoms with Crippen LogP contribution < -0.4 is 5.32 Å². The third-order valence-corrected chi connectivity index (χ3v) is 2.81. The quantitative estimate of drug-likeness (QED) is 0.692. The lowest BCUT2D eigenvalue weighted by atomic mass is 10.1. The van der Waals surface area contributed by atoms with Crippen LogP contribution in [0.5, 0.6) is 0 Å². The Labute approximate surface area is 89.3 Å². The van der Waals surface area contributed by atoms with E-state index in [-0.39, 0.29) is 0 Å². The van der Waals surface area contributed by atoms with Crippen LogP contribution in [-0.4, -0.2) is 0 Å². The van der Waals surface area contributed by atoms with Gasteiger partial charge in [0.2, 0.25) is 0 Å². The predicted molar refractivity (Wildman–Crippen MR) is 60.3 cm³/mol. The van der Waals surface area contributed by atoms with E-state index in [2.05, 4.69) is 29.6 Å². The van der Waals surface area contributed by atoms with Gasteiger partial charge < -0.3 is 10.1 Å². The number of hydrogen-bond acceptors (Lipinski definition) is 2. The molecule has 1 aliphatic carbocycles. The Hall–Kier alpha value is -1.70. The Balaban J connectivity index is 2.01. The molecule has 3 rings (SSSR count). The summed E-state index contributed by atoms with van der Waals surface area (Å²) in [6.07, 6.45) is 6.38. The van der Waals surface area contributed by atoms with Crippen LogP contribution in [0.2, 0.25) is 0 Å². The van der Waals surface area contributed by atoms with E-state index in [0.29, 0.717) is 6.61 Å². The van der Waals surface area contributed by atoms with Crippen LogP contribution >= 0.6 is 0 Å². The van der Waals surface area contributed by atoms with Gasteiger partial charge in [-0.15, -0.1) is 0 Å². The maximum absolute atomic E-state index is 5.80. The summed E-state index contributed by atoms with van der Waals surface area (Å²) < 4.78 is 5.80. The molecule has 2 nitrogen and oxygen atoms in total. The number of rotatable bonds is 0. The third-order valence-electron chi connectivity index (χ3n) is 2.81. The fourth-order valence-corrected chi connectivity index (χ4v) is 1.98. The van der Waals surface area contributed by atoms with Gasteiger partial charge in [-0.1, -0.05) is 24.3 Å². The van der Waals surface area contributed by atoms with Crippen molar-refractivity contribution in [2.45, 2.75) is 19.4 Å². The summed E-state index contributed by atoms with van der Waals surface area (Å²) in [5.41, 5.74) is 3.50. The van der Waals surface area contributed by atoms with Gasteiger partial charge >= 0.3 is 0 Å². The van der Waals surface area contributed by atoms with Crippen molar-refractivity contribution in [3.05, 3.63) is 53.4 Å². The topological polar surface area (TPSA) is 21.3 Å². The molecule has 2 heteroatoms. The highest BCUT2D eigenvalue weighted by Gasteiger charge is 2.15. The highest BCUT2D eigenvalue weighted by atomic mass is 16.5. The van der Waals surface area contributed by atoms with Gasteiger partial charge in [0.05, 0.1) is 5.70 Å². The van der Waals surface area contributed by atoms with Gasteiger partial charge in [-0.2, -0.15) is 0 Å². The molecule has 1 N–H and O–H groups in total. The molecule has 1 aromatic carbocycles. The fraction of sp³-hybridized carbons (Fsp3) is 0.231. The number of anilines is 1. The molecule has 1 aromatic rings. The first-order valence-electron chi connectivity index (χ1n) is 5.31. The molecule has 1 heterocycles. The van der Waals surface area contributed by atoms with Crippen LogP contribution in [0, 0.1) is 0 Å². The minimum atomic E-state index is 0.676. The molecule has 76 valence electrons. The molecule has 0 aromatic heterocycles. The van der Waals surface area contributed by atoms with Gasteiger partial charge in [-0.3, -0.25) is 0 Å². The van der Waals surface area contributed by atoms with Crippen molar-refractivity contribution >= 4 is 5.69 Å². The molecular formula is C13H13NO. The van der Waals surface area contributed by atoms with Crippen molar-refractivity contribution in [3.63, 3.8) is 0 Å². The molecule has 0 atom stereocenters. The van der Waals surface area contributed by atoms with Crippen molar-refractivity contribution in [2.24, 2.45) is 0 Å². The molecule has 0 spiro atoms. The summed E-state index contributed by atoms with van der Waals surface area (Å²) in [5.74, 6) is 1.09. The average Bonchev–Trinajstić information content (AvgIpc) is 2.48. The molecule has 0 bridgehead atoms. The summed E-state index contributed by atoms with van der Waals surface area (Å²) >= 11 is 0. The smallest absolute Gasteiger partial charge is 0.120 e. The second kappa shape index (κ2) is 3.46. The maximum Gasteiger partial charge on any atom is 0.120 e. The summed E-state index contributed by atoms with van der Waals surface area (Å²) in [5, 5.41) is 3.43. The molecule has 0 radical (unpaired) electrons. The minimum Gasteiger partial charge on any atom is -0.491 e. The molecular weight excluding hydrogens is 186 g/mol. The molecule has 0 unspecified atom stereocenters. The molecule has 0 saturated carbocycles. The van der Waals surface area contributed by atoms with Crippen molar-refractivity contribution in [3.8, 4) is 0 Å². The van der Waals surface area contributed by atoms with Crippen molar-refractivity contribution in [1.29, 1.82) is 0 Å². The van der Waals surface area contributed by atoms with Gasteiger partial charge in [0.15, 0.2) is 0 Å². The first-order chi connectivity index (χ1) is 7.43. The second-order valence-corrected chi connectivity index (χ2v) is 3.85. The van der Waals surface area contributed by atoms with Crippen molar-refractivity contribution in [1.82, 2.24) is 0 Å². The largest absolute Gasteiger partial charge is 0.491 e. The molecule has 0 amide bonds. The van der Waals surface area contributed by atoms with Gasteiger partial charge in [0.25, 0.3) is 0 Å². The SMILES string of the molecule is C1=CC2=C(CC1)OCc1ccccc1N2. The Bertz CT molecular complexity index is 446. The van der Waals surface area contributed by atoms with E-state index in [9.17, 15) is 0 Å². The Morgan fingerprint density at radius 2 is 2.13 bits per heavy atom. The predicted octanol–water partition coefficient (Wildman–Crippen LogP) is 3.19. The van der Waals surface area contributed by atoms with Gasteiger partial charge in [0, 0.05) is 17.7 Å². The standard InChI is InChI=1S/C13H13NO/c1-2-6-11-10(5-1)9-15-13-8-4-3-7-12(13)14-11/h1-3,5-7,14H,4,8-9H2. The number of para-hydroxylation sites is 1. The first kappa shape index (κ1) is 8.60. The number of benzene rings is 1. The highest BCUT2D eigenvalue weighted by molar-refractivity contribution is 5.58. The maximum atomic E-state index is 5.80. The van der Waals surface area contributed by atoms with E-state index in [1.807, 2.05) is 12.1 Å². The van der Waals surface area contributed by atoms with Crippen molar-refractivity contribution < 1.29 is 4.74 Å². The van der Waals surface area contributed by atoms with Crippen molar-refractivity contribution in [2.75, 3.05) is 5.32 Å². The van der Waals surface area contributed by atoms with E-state index in [1.54, 1.807) is 0 Å². The van der Waals surface area contributed by atoms with Crippen LogP contribution in [0.3, 0.4) is 0 Å². The number of fused-ring (bicyclic) bond motifs is 1. The summed E-state index contributed by atoms with van der Waals surface area (Å²) in [6.45, 7) is 0.676. The van der Waals surface area contributed by atoms with Crippen LogP contribution in [-0.2, 0) is 11.3 Å². The normalized spacial score (nSPS) is 18.4. The lowest BCUT2D eigenvalue weighted by Gasteiger charge is -2.13. The third kappa shape index (κ3) is 1.52. The van der Waals surface area contributed by atoms with Crippen LogP contribution in [0.4, 0.5) is 5.69 Å². The zero-order chi connectivity index (χ0) is 10.1. The zero-order valence-corrected chi connectivity index (χ0v) is 8.49. The van der Waals surface area contributed by atoms with Gasteiger partial charge in [-0.25, -0.2) is 0 Å². The van der Waals surface area contributed by atoms with Crippen LogP contribution in [0.25, 0.3) is 0 Å². The molecule has 1 aliphatic heterocycles. The molecule has 0 fully saturated rings. The van der Waals surface area contributed by atoms with Crippen LogP contribution in [0.1, 0.15) is 18.4 Å². The van der Waals surface area contributed by atoms with Gasteiger partial charge in [-0.05, 0) is 18.6 Å². The Morgan fingerprint density at radius 3 is 3.13 bits per heavy atom. The van der Waals surface area contributed by atoms with E-state index in [1.165, 1.54) is 5.56 Å². The number of nitrogens with one attached hydrogen (secondary N) is 1. The first-order valence-corrected chi connectivity index (χ1v) is 5.31. The zero-order valence-electron chi connectivity index (χ0n) is 8.49. The summed E-state index contributed by atoms with van der Waals surface area (Å²) in [6, 6.07) is 8.29. The van der Waals surface area contributed by atoms with E-state index >= 15 is 0 Å². The number of ether oxygens (including phenoxy) is 1. The van der Waals surface area contributed by atoms with Gasteiger partial charge in [0.1, 0.15) is 12.4 Å². The number of hydrogen-bond donors (Lipinski definition) is 1. The Morgan fingerprint density at radius 1 is 1.20 bits per heavy atom. The van der Waals surface area contributed by atoms with Crippen LogP contribution in [0.15, 0.2) is 47.9 Å². The molecule has 0 saturated heterocycles. The number of allylic oxidation sites excluding steroid dienone is 3.